The minimum absolute atomic E-state index is 0.0379. The Morgan fingerprint density at radius 2 is 1.65 bits per heavy atom. The van der Waals surface area contributed by atoms with Crippen LogP contribution in [0.15, 0.2) is 73.1 Å². The van der Waals surface area contributed by atoms with E-state index in [1.807, 2.05) is 60.7 Å². The Kier molecular flexibility index (Phi) is 9.39. The van der Waals surface area contributed by atoms with Crippen molar-refractivity contribution >= 4 is 29.4 Å². The molecular weight excluding hydrogens is 512 g/mol. The van der Waals surface area contributed by atoms with Crippen LogP contribution < -0.4 is 21.3 Å². The Morgan fingerprint density at radius 3 is 2.25 bits per heavy atom. The quantitative estimate of drug-likeness (QED) is 0.246. The molecule has 1 aliphatic rings. The lowest BCUT2D eigenvalue weighted by molar-refractivity contribution is -0.141. The molecule has 1 saturated heterocycles. The van der Waals surface area contributed by atoms with Crippen LogP contribution in [0.4, 0.5) is 0 Å². The average Bonchev–Trinajstić information content (AvgIpc) is 3.59. The van der Waals surface area contributed by atoms with E-state index in [1.54, 1.807) is 7.05 Å². The summed E-state index contributed by atoms with van der Waals surface area (Å²) in [6.45, 7) is 0.587. The highest BCUT2D eigenvalue weighted by molar-refractivity contribution is 6.38. The maximum Gasteiger partial charge on any atom is 0.289 e. The van der Waals surface area contributed by atoms with E-state index in [9.17, 15) is 24.0 Å². The molecule has 1 aromatic heterocycles. The van der Waals surface area contributed by atoms with E-state index >= 15 is 0 Å². The first-order valence-corrected chi connectivity index (χ1v) is 13.1. The SMILES string of the molecule is Cn1cc(C(=O)N[C@@H](Cc2ccccc2)C(=O)NC(C[C@@H]2CCNC2=O)C(=O)C(=O)NCc2ccccc2)cn1. The molecule has 0 radical (unpaired) electrons. The third-order valence-corrected chi connectivity index (χ3v) is 6.71. The van der Waals surface area contributed by atoms with Crippen LogP contribution in [0.5, 0.6) is 0 Å². The summed E-state index contributed by atoms with van der Waals surface area (Å²) in [4.78, 5) is 64.8. The van der Waals surface area contributed by atoms with Crippen LogP contribution in [0.1, 0.15) is 34.3 Å². The summed E-state index contributed by atoms with van der Waals surface area (Å²) in [5.74, 6) is -3.65. The molecule has 2 aromatic carbocycles. The Balaban J connectivity index is 1.51. The van der Waals surface area contributed by atoms with E-state index in [2.05, 4.69) is 26.4 Å². The second kappa shape index (κ2) is 13.3. The number of amides is 4. The van der Waals surface area contributed by atoms with Crippen molar-refractivity contribution in [3.63, 3.8) is 0 Å². The van der Waals surface area contributed by atoms with E-state index in [0.717, 1.165) is 11.1 Å². The molecule has 11 nitrogen and oxygen atoms in total. The van der Waals surface area contributed by atoms with Crippen molar-refractivity contribution in [2.24, 2.45) is 13.0 Å². The van der Waals surface area contributed by atoms with Crippen LogP contribution in [0, 0.1) is 5.92 Å². The molecule has 1 unspecified atom stereocenters. The van der Waals surface area contributed by atoms with Gasteiger partial charge in [-0.05, 0) is 24.0 Å². The number of rotatable bonds is 12. The third kappa shape index (κ3) is 7.62. The number of hydrogen-bond donors (Lipinski definition) is 4. The van der Waals surface area contributed by atoms with Crippen LogP contribution in [-0.2, 0) is 39.2 Å². The molecule has 4 amide bonds. The molecule has 3 aromatic rings. The van der Waals surface area contributed by atoms with Crippen LogP contribution >= 0.6 is 0 Å². The highest BCUT2D eigenvalue weighted by Crippen LogP contribution is 2.17. The van der Waals surface area contributed by atoms with Crippen molar-refractivity contribution in [2.75, 3.05) is 6.54 Å². The van der Waals surface area contributed by atoms with Gasteiger partial charge in [-0.2, -0.15) is 5.10 Å². The van der Waals surface area contributed by atoms with Crippen LogP contribution in [0.2, 0.25) is 0 Å². The molecule has 4 N–H and O–H groups in total. The number of aryl methyl sites for hydroxylation is 1. The molecular formula is C29H32N6O5. The number of carbonyl (C=O) groups excluding carboxylic acids is 5. The smallest absolute Gasteiger partial charge is 0.289 e. The van der Waals surface area contributed by atoms with Gasteiger partial charge < -0.3 is 21.3 Å². The first kappa shape index (κ1) is 28.2. The molecule has 0 bridgehead atoms. The van der Waals surface area contributed by atoms with Gasteiger partial charge in [-0.25, -0.2) is 0 Å². The zero-order chi connectivity index (χ0) is 28.5. The van der Waals surface area contributed by atoms with Gasteiger partial charge in [0.05, 0.1) is 17.8 Å². The van der Waals surface area contributed by atoms with Crippen molar-refractivity contribution in [1.82, 2.24) is 31.0 Å². The number of carbonyl (C=O) groups is 5. The number of aromatic nitrogens is 2. The largest absolute Gasteiger partial charge is 0.356 e. The van der Waals surface area contributed by atoms with Gasteiger partial charge in [-0.1, -0.05) is 60.7 Å². The number of nitrogens with one attached hydrogen (secondary N) is 4. The normalized spacial score (nSPS) is 15.9. The second-order valence-electron chi connectivity index (χ2n) is 9.72. The van der Waals surface area contributed by atoms with Crippen molar-refractivity contribution in [1.29, 1.82) is 0 Å². The molecule has 0 spiro atoms. The molecule has 208 valence electrons. The lowest BCUT2D eigenvalue weighted by atomic mass is 9.94. The molecule has 2 heterocycles. The third-order valence-electron chi connectivity index (χ3n) is 6.71. The zero-order valence-electron chi connectivity index (χ0n) is 22.1. The Hall–Kier alpha value is -4.80. The van der Waals surface area contributed by atoms with E-state index in [1.165, 1.54) is 17.1 Å². The van der Waals surface area contributed by atoms with Crippen LogP contribution in [0.3, 0.4) is 0 Å². The standard InChI is InChI=1S/C29H32N6O5/c1-35-18-22(17-32-35)27(38)34-24(14-19-8-4-2-5-9-19)28(39)33-23(15-21-12-13-30-26(21)37)25(36)29(40)31-16-20-10-6-3-7-11-20/h2-11,17-18,21,23-24H,12-16H2,1H3,(H,30,37)(H,31,40)(H,33,39)(H,34,38)/t21-,23?,24-/m0/s1. The maximum absolute atomic E-state index is 13.6. The molecule has 11 heteroatoms. The minimum atomic E-state index is -1.26. The summed E-state index contributed by atoms with van der Waals surface area (Å²) in [6.07, 6.45) is 3.49. The highest BCUT2D eigenvalue weighted by Gasteiger charge is 2.35. The summed E-state index contributed by atoms with van der Waals surface area (Å²) in [7, 11) is 1.67. The predicted molar refractivity (Wildman–Crippen MR) is 146 cm³/mol. The van der Waals surface area contributed by atoms with E-state index in [-0.39, 0.29) is 30.9 Å². The zero-order valence-corrected chi connectivity index (χ0v) is 22.1. The minimum Gasteiger partial charge on any atom is -0.356 e. The number of ketones is 1. The van der Waals surface area contributed by atoms with Gasteiger partial charge >= 0.3 is 0 Å². The molecule has 1 aliphatic heterocycles. The lowest BCUT2D eigenvalue weighted by Crippen LogP contribution is -2.55. The molecule has 40 heavy (non-hydrogen) atoms. The fourth-order valence-corrected chi connectivity index (χ4v) is 4.52. The number of nitrogens with zero attached hydrogens (tertiary/aromatic N) is 2. The summed E-state index contributed by atoms with van der Waals surface area (Å²) < 4.78 is 1.47. The monoisotopic (exact) mass is 544 g/mol. The molecule has 4 rings (SSSR count). The van der Waals surface area contributed by atoms with Gasteiger partial charge in [-0.15, -0.1) is 0 Å². The Morgan fingerprint density at radius 1 is 0.975 bits per heavy atom. The van der Waals surface area contributed by atoms with Crippen LogP contribution in [0.25, 0.3) is 0 Å². The van der Waals surface area contributed by atoms with Crippen molar-refractivity contribution in [2.45, 2.75) is 37.9 Å². The van der Waals surface area contributed by atoms with Gasteiger partial charge in [0.2, 0.25) is 17.6 Å². The van der Waals surface area contributed by atoms with E-state index in [4.69, 9.17) is 0 Å². The fourth-order valence-electron chi connectivity index (χ4n) is 4.52. The van der Waals surface area contributed by atoms with Gasteiger partial charge in [0.15, 0.2) is 0 Å². The summed E-state index contributed by atoms with van der Waals surface area (Å²) >= 11 is 0. The summed E-state index contributed by atoms with van der Waals surface area (Å²) in [6, 6.07) is 15.9. The molecule has 0 saturated carbocycles. The molecule has 0 aliphatic carbocycles. The number of hydrogen-bond acceptors (Lipinski definition) is 6. The van der Waals surface area contributed by atoms with Gasteiger partial charge in [0.1, 0.15) is 6.04 Å². The summed E-state index contributed by atoms with van der Waals surface area (Å²) in [5, 5.41) is 14.7. The molecule has 1 fully saturated rings. The van der Waals surface area contributed by atoms with Gasteiger partial charge in [0, 0.05) is 38.7 Å². The average molecular weight is 545 g/mol. The maximum atomic E-state index is 13.6. The second-order valence-corrected chi connectivity index (χ2v) is 9.72. The van der Waals surface area contributed by atoms with E-state index in [0.29, 0.717) is 13.0 Å². The fraction of sp³-hybridized carbons (Fsp3) is 0.310. The Bertz CT molecular complexity index is 1360. The first-order valence-electron chi connectivity index (χ1n) is 13.1. The molecule has 3 atom stereocenters. The lowest BCUT2D eigenvalue weighted by Gasteiger charge is -2.24. The predicted octanol–water partition coefficient (Wildman–Crippen LogP) is 0.658. The van der Waals surface area contributed by atoms with Crippen molar-refractivity contribution in [3.05, 3.63) is 89.7 Å². The Labute approximate surface area is 231 Å². The van der Waals surface area contributed by atoms with Gasteiger partial charge in [-0.3, -0.25) is 28.7 Å². The summed E-state index contributed by atoms with van der Waals surface area (Å²) in [5.41, 5.74) is 1.86. The first-order chi connectivity index (χ1) is 19.3. The highest BCUT2D eigenvalue weighted by atomic mass is 16.2. The van der Waals surface area contributed by atoms with Gasteiger partial charge in [0.25, 0.3) is 11.8 Å². The van der Waals surface area contributed by atoms with E-state index < -0.39 is 41.5 Å². The van der Waals surface area contributed by atoms with Crippen molar-refractivity contribution in [3.8, 4) is 0 Å². The topological polar surface area (TPSA) is 151 Å². The van der Waals surface area contributed by atoms with Crippen LogP contribution in [-0.4, -0.2) is 57.8 Å². The number of benzene rings is 2. The van der Waals surface area contributed by atoms with Crippen molar-refractivity contribution < 1.29 is 24.0 Å². The number of Topliss-reactive ketones (excluding diaryl/α,β-unsaturated/α-hetero) is 1.